The molecule has 0 bridgehead atoms. The normalized spacial score (nSPS) is 10.4. The maximum Gasteiger partial charge on any atom is 0.125 e. The Hall–Kier alpha value is -5.38. The number of pyridine rings is 2. The van der Waals surface area contributed by atoms with Crippen LogP contribution in [-0.4, -0.2) is 50.1 Å². The number of aromatic nitrogens is 10. The molecular weight excluding hydrogens is 717 g/mol. The number of rotatable bonds is 0. The molecule has 6 aromatic rings. The van der Waals surface area contributed by atoms with E-state index in [1.165, 1.54) is 11.1 Å². The number of hydrogen-bond acceptors (Lipinski definition) is 10. The van der Waals surface area contributed by atoms with Crippen LogP contribution in [0.25, 0.3) is 0 Å². The Kier molecular flexibility index (Phi) is 22.8. The predicted octanol–water partition coefficient (Wildman–Crippen LogP) is 11.4. The van der Waals surface area contributed by atoms with Crippen molar-refractivity contribution in [1.82, 2.24) is 50.1 Å². The Morgan fingerprint density at radius 1 is 0.310 bits per heavy atom. The van der Waals surface area contributed by atoms with Crippen molar-refractivity contribution in [2.24, 2.45) is 0 Å². The van der Waals surface area contributed by atoms with Crippen LogP contribution in [0.3, 0.4) is 0 Å². The lowest BCUT2D eigenvalue weighted by Gasteiger charge is -2.17. The lowest BCUT2D eigenvalue weighted by atomic mass is 9.88. The maximum absolute atomic E-state index is 4.35. The monoisotopic (exact) mass is 789 g/mol. The van der Waals surface area contributed by atoms with Crippen LogP contribution < -0.4 is 0 Å². The zero-order valence-corrected chi connectivity index (χ0v) is 38.1. The van der Waals surface area contributed by atoms with Crippen molar-refractivity contribution < 1.29 is 0 Å². The van der Waals surface area contributed by atoms with Gasteiger partial charge in [0.1, 0.15) is 11.6 Å². The Morgan fingerprint density at radius 2 is 0.707 bits per heavy atom. The van der Waals surface area contributed by atoms with E-state index in [-0.39, 0.29) is 23.7 Å². The minimum absolute atomic E-state index is 0. The van der Waals surface area contributed by atoms with Crippen molar-refractivity contribution >= 4 is 0 Å². The van der Waals surface area contributed by atoms with Crippen molar-refractivity contribution in [1.29, 1.82) is 0 Å². The predicted molar refractivity (Wildman–Crippen MR) is 242 cm³/mol. The second-order valence-corrected chi connectivity index (χ2v) is 17.1. The third-order valence-electron chi connectivity index (χ3n) is 7.76. The number of nitrogens with zero attached hydrogens (tertiary/aromatic N) is 10. The highest BCUT2D eigenvalue weighted by molar-refractivity contribution is 5.20. The molecule has 0 spiro atoms. The van der Waals surface area contributed by atoms with Gasteiger partial charge in [-0.2, -0.15) is 10.2 Å². The van der Waals surface area contributed by atoms with Gasteiger partial charge in [-0.3, -0.25) is 19.9 Å². The number of hydrogen-bond donors (Lipinski definition) is 0. The smallest absolute Gasteiger partial charge is 0.125 e. The summed E-state index contributed by atoms with van der Waals surface area (Å²) >= 11 is 0. The minimum atomic E-state index is 0. The Labute approximate surface area is 351 Å². The van der Waals surface area contributed by atoms with Gasteiger partial charge in [0.25, 0.3) is 0 Å². The molecule has 0 aromatic carbocycles. The molecule has 0 N–H and O–H groups in total. The van der Waals surface area contributed by atoms with Crippen LogP contribution in [0.5, 0.6) is 0 Å². The molecule has 10 nitrogen and oxygen atoms in total. The maximum atomic E-state index is 4.35. The topological polar surface area (TPSA) is 129 Å². The quantitative estimate of drug-likeness (QED) is 0.147. The van der Waals surface area contributed by atoms with E-state index in [0.29, 0.717) is 0 Å². The van der Waals surface area contributed by atoms with E-state index >= 15 is 0 Å². The molecule has 0 atom stereocenters. The van der Waals surface area contributed by atoms with Gasteiger partial charge in [0.15, 0.2) is 0 Å². The van der Waals surface area contributed by atoms with Gasteiger partial charge < -0.3 is 0 Å². The van der Waals surface area contributed by atoms with Crippen molar-refractivity contribution in [3.63, 3.8) is 0 Å². The molecule has 0 radical (unpaired) electrons. The van der Waals surface area contributed by atoms with Gasteiger partial charge in [-0.25, -0.2) is 19.9 Å². The fraction of sp³-hybridized carbons (Fsp3) is 0.458. The first kappa shape index (κ1) is 52.6. The van der Waals surface area contributed by atoms with Gasteiger partial charge in [-0.15, -0.1) is 0 Å². The molecule has 6 heterocycles. The molecule has 10 heteroatoms. The van der Waals surface area contributed by atoms with Crippen molar-refractivity contribution in [2.75, 3.05) is 0 Å². The van der Waals surface area contributed by atoms with Gasteiger partial charge in [0, 0.05) is 71.8 Å². The van der Waals surface area contributed by atoms with E-state index < -0.39 is 0 Å². The van der Waals surface area contributed by atoms with Crippen molar-refractivity contribution in [3.05, 3.63) is 154 Å². The van der Waals surface area contributed by atoms with Crippen LogP contribution in [0.4, 0.5) is 0 Å². The van der Waals surface area contributed by atoms with Crippen LogP contribution in [0.1, 0.15) is 138 Å². The fourth-order valence-corrected chi connectivity index (χ4v) is 3.98. The van der Waals surface area contributed by atoms with Crippen LogP contribution in [0, 0.1) is 62.3 Å². The van der Waals surface area contributed by atoms with E-state index in [0.717, 1.165) is 56.9 Å². The minimum Gasteiger partial charge on any atom is -0.261 e. The van der Waals surface area contributed by atoms with Crippen molar-refractivity contribution in [2.45, 2.75) is 148 Å². The van der Waals surface area contributed by atoms with Gasteiger partial charge in [-0.1, -0.05) is 81.9 Å². The summed E-state index contributed by atoms with van der Waals surface area (Å²) in [5.74, 6) is 1.66. The summed E-state index contributed by atoms with van der Waals surface area (Å²) in [5.41, 5.74) is 11.4. The molecule has 0 fully saturated rings. The highest BCUT2D eigenvalue weighted by atomic mass is 15.1. The first-order valence-electron chi connectivity index (χ1n) is 19.3. The van der Waals surface area contributed by atoms with E-state index in [1.807, 2.05) is 111 Å². The summed E-state index contributed by atoms with van der Waals surface area (Å²) < 4.78 is 0. The van der Waals surface area contributed by atoms with Crippen LogP contribution in [0.2, 0.25) is 0 Å². The molecule has 0 aliphatic heterocycles. The van der Waals surface area contributed by atoms with Crippen molar-refractivity contribution in [3.8, 4) is 0 Å². The third kappa shape index (κ3) is 23.6. The van der Waals surface area contributed by atoms with Crippen LogP contribution in [0.15, 0.2) is 86.0 Å². The van der Waals surface area contributed by atoms with Gasteiger partial charge in [-0.05, 0) is 114 Å². The summed E-state index contributed by atoms with van der Waals surface area (Å²) in [4.78, 5) is 32.9. The molecule has 58 heavy (non-hydrogen) atoms. The SMILES string of the molecule is C.Cc1ccc(C(C)(C)C)cn1.Cc1ccc(C(C)(C)C)nc1.Cc1ccc(C)nn1.Cc1cnc(C(C)(C)C)cn1.Cc1cnc(C)nc1.Cc1cnc(C)nc1. The second kappa shape index (κ2) is 25.1. The van der Waals surface area contributed by atoms with Gasteiger partial charge >= 0.3 is 0 Å². The van der Waals surface area contributed by atoms with E-state index in [1.54, 1.807) is 6.20 Å². The molecule has 6 rings (SSSR count). The molecule has 6 aromatic heterocycles. The lowest BCUT2D eigenvalue weighted by Crippen LogP contribution is -2.13. The summed E-state index contributed by atoms with van der Waals surface area (Å²) in [7, 11) is 0. The molecule has 0 saturated carbocycles. The van der Waals surface area contributed by atoms with Crippen LogP contribution >= 0.6 is 0 Å². The summed E-state index contributed by atoms with van der Waals surface area (Å²) in [6.45, 7) is 37.0. The third-order valence-corrected chi connectivity index (χ3v) is 7.76. The second-order valence-electron chi connectivity index (χ2n) is 17.1. The molecular formula is C48H72N10. The number of aryl methyl sites for hydroxylation is 9. The summed E-state index contributed by atoms with van der Waals surface area (Å²) in [6, 6.07) is 12.3. The first-order valence-corrected chi connectivity index (χ1v) is 19.3. The van der Waals surface area contributed by atoms with Crippen LogP contribution in [-0.2, 0) is 16.2 Å². The molecule has 0 amide bonds. The summed E-state index contributed by atoms with van der Waals surface area (Å²) in [6.07, 6.45) is 14.8. The lowest BCUT2D eigenvalue weighted by molar-refractivity contribution is 0.564. The Bertz CT molecular complexity index is 1650. The largest absolute Gasteiger partial charge is 0.261 e. The molecule has 0 aliphatic rings. The Morgan fingerprint density at radius 3 is 1.00 bits per heavy atom. The zero-order chi connectivity index (χ0) is 43.4. The van der Waals surface area contributed by atoms with E-state index in [4.69, 9.17) is 0 Å². The van der Waals surface area contributed by atoms with Gasteiger partial charge in [0.2, 0.25) is 0 Å². The molecule has 0 saturated heterocycles. The average molecular weight is 789 g/mol. The molecule has 0 unspecified atom stereocenters. The van der Waals surface area contributed by atoms with E-state index in [9.17, 15) is 0 Å². The van der Waals surface area contributed by atoms with Gasteiger partial charge in [0.05, 0.1) is 22.8 Å². The first-order chi connectivity index (χ1) is 26.4. The average Bonchev–Trinajstić information content (AvgIpc) is 3.13. The molecule has 0 aliphatic carbocycles. The fourth-order valence-electron chi connectivity index (χ4n) is 3.98. The zero-order valence-electron chi connectivity index (χ0n) is 38.1. The summed E-state index contributed by atoms with van der Waals surface area (Å²) in [5, 5.41) is 7.66. The Balaban J connectivity index is 0.000000674. The van der Waals surface area contributed by atoms with E-state index in [2.05, 4.69) is 144 Å². The highest BCUT2D eigenvalue weighted by Crippen LogP contribution is 2.21. The standard InChI is InChI=1S/2C10H15N.C9H14N2.3C6H8N2.CH4/c1-8-5-6-9(7-11-8)10(2,3)4;1-8-5-6-9(11-7-8)10(2,3)4;1-7-5-11-8(6-10-7)9(2,3)4;2*1-5-3-7-6(2)8-4-5;1-5-3-4-6(2)8-7-5;/h2*5-7H,1-4H3;5-6H,1-4H3;3*3-4H,1-2H3;1H4. The highest BCUT2D eigenvalue weighted by Gasteiger charge is 2.15. The molecule has 314 valence electrons.